The van der Waals surface area contributed by atoms with Gasteiger partial charge in [-0.2, -0.15) is 0 Å². The summed E-state index contributed by atoms with van der Waals surface area (Å²) < 4.78 is 0. The van der Waals surface area contributed by atoms with E-state index in [0.29, 0.717) is 0 Å². The van der Waals surface area contributed by atoms with Crippen LogP contribution in [-0.2, 0) is 9.59 Å². The summed E-state index contributed by atoms with van der Waals surface area (Å²) in [6, 6.07) is 0. The fraction of sp³-hybridized carbons (Fsp3) is 0.867. The Bertz CT molecular complexity index is 208. The van der Waals surface area contributed by atoms with Crippen molar-refractivity contribution in [1.29, 1.82) is 0 Å². The topological polar surface area (TPSA) is 74.6 Å². The molecule has 0 bridgehead atoms. The summed E-state index contributed by atoms with van der Waals surface area (Å²) in [5, 5.41) is 16.7. The smallest absolute Gasteiger partial charge is 0.303 e. The minimum atomic E-state index is -0.740. The average Bonchev–Trinajstić information content (AvgIpc) is 2.39. The third-order valence-corrected chi connectivity index (χ3v) is 3.04. The average molecular weight is 309 g/mol. The van der Waals surface area contributed by atoms with E-state index in [1.54, 1.807) is 0 Å². The molecule has 0 aliphatic rings. The number of rotatable bonds is 12. The van der Waals surface area contributed by atoms with E-state index in [-0.39, 0.29) is 12.8 Å². The lowest BCUT2D eigenvalue weighted by Crippen LogP contribution is -1.94. The lowest BCUT2D eigenvalue weighted by atomic mass is 10.1. The molecule has 120 valence electrons. The van der Waals surface area contributed by atoms with Gasteiger partial charge in [0.15, 0.2) is 0 Å². The molecule has 0 fully saturated rings. The molecule has 0 spiro atoms. The van der Waals surface area contributed by atoms with Crippen LogP contribution in [0.2, 0.25) is 0 Å². The molecular formula is C15H29ClO4. The Morgan fingerprint density at radius 3 is 1.40 bits per heavy atom. The van der Waals surface area contributed by atoms with E-state index in [2.05, 4.69) is 6.92 Å². The third-order valence-electron chi connectivity index (χ3n) is 2.77. The van der Waals surface area contributed by atoms with Gasteiger partial charge in [-0.1, -0.05) is 45.4 Å². The van der Waals surface area contributed by atoms with Crippen molar-refractivity contribution in [3.63, 3.8) is 0 Å². The molecule has 0 atom stereocenters. The fourth-order valence-electron chi connectivity index (χ4n) is 1.60. The van der Waals surface area contributed by atoms with Gasteiger partial charge >= 0.3 is 11.9 Å². The molecule has 0 aromatic rings. The highest BCUT2D eigenvalue weighted by molar-refractivity contribution is 6.17. The molecule has 0 radical (unpaired) electrons. The second-order valence-corrected chi connectivity index (χ2v) is 5.18. The molecule has 20 heavy (non-hydrogen) atoms. The van der Waals surface area contributed by atoms with Crippen LogP contribution in [0.15, 0.2) is 0 Å². The monoisotopic (exact) mass is 308 g/mol. The molecule has 5 heteroatoms. The molecule has 0 rings (SSSR count). The first-order chi connectivity index (χ1) is 9.54. The minimum absolute atomic E-state index is 0.245. The first-order valence-corrected chi connectivity index (χ1v) is 8.07. The number of aliphatic carboxylic acids is 2. The van der Waals surface area contributed by atoms with Crippen LogP contribution in [0.5, 0.6) is 0 Å². The molecule has 0 saturated heterocycles. The molecule has 0 aromatic carbocycles. The Labute approximate surface area is 127 Å². The number of halogens is 1. The maximum absolute atomic E-state index is 10.1. The quantitative estimate of drug-likeness (QED) is 0.405. The molecule has 0 aromatic heterocycles. The van der Waals surface area contributed by atoms with Gasteiger partial charge in [-0.05, 0) is 19.3 Å². The molecule has 4 nitrogen and oxygen atoms in total. The van der Waals surface area contributed by atoms with Crippen LogP contribution in [-0.4, -0.2) is 28.0 Å². The van der Waals surface area contributed by atoms with Crippen LogP contribution in [0.25, 0.3) is 0 Å². The molecule has 0 saturated carbocycles. The summed E-state index contributed by atoms with van der Waals surface area (Å²) >= 11 is 5.38. The van der Waals surface area contributed by atoms with Crippen molar-refractivity contribution in [3.8, 4) is 0 Å². The van der Waals surface area contributed by atoms with Gasteiger partial charge in [0.25, 0.3) is 0 Å². The Balaban J connectivity index is 0. The van der Waals surface area contributed by atoms with Crippen molar-refractivity contribution < 1.29 is 19.8 Å². The van der Waals surface area contributed by atoms with E-state index in [1.165, 1.54) is 19.3 Å². The number of carboxylic acid groups (broad SMARTS) is 2. The highest BCUT2D eigenvalue weighted by atomic mass is 35.5. The van der Waals surface area contributed by atoms with Gasteiger partial charge in [0.05, 0.1) is 0 Å². The van der Waals surface area contributed by atoms with Gasteiger partial charge in [-0.25, -0.2) is 0 Å². The van der Waals surface area contributed by atoms with Crippen LogP contribution in [0.4, 0.5) is 0 Å². The van der Waals surface area contributed by atoms with Crippen LogP contribution < -0.4 is 0 Å². The maximum Gasteiger partial charge on any atom is 0.303 e. The van der Waals surface area contributed by atoms with Crippen molar-refractivity contribution in [3.05, 3.63) is 0 Å². The van der Waals surface area contributed by atoms with Gasteiger partial charge in [0.2, 0.25) is 0 Å². The highest BCUT2D eigenvalue weighted by Gasteiger charge is 1.98. The summed E-state index contributed by atoms with van der Waals surface area (Å²) in [5.74, 6) is -0.653. The first kappa shape index (κ1) is 21.5. The zero-order chi connectivity index (χ0) is 15.6. The predicted molar refractivity (Wildman–Crippen MR) is 82.5 cm³/mol. The van der Waals surface area contributed by atoms with E-state index in [4.69, 9.17) is 21.8 Å². The Kier molecular flexibility index (Phi) is 19.6. The molecule has 0 aliphatic carbocycles. The van der Waals surface area contributed by atoms with E-state index in [9.17, 15) is 9.59 Å². The zero-order valence-corrected chi connectivity index (χ0v) is 13.3. The first-order valence-electron chi connectivity index (χ1n) is 7.54. The van der Waals surface area contributed by atoms with Gasteiger partial charge < -0.3 is 10.2 Å². The second kappa shape index (κ2) is 18.2. The minimum Gasteiger partial charge on any atom is -0.481 e. The van der Waals surface area contributed by atoms with E-state index >= 15 is 0 Å². The number of carbonyl (C=O) groups is 2. The van der Waals surface area contributed by atoms with E-state index < -0.39 is 11.9 Å². The number of unbranched alkanes of at least 4 members (excludes halogenated alkanes) is 7. The molecule has 0 aliphatic heterocycles. The predicted octanol–water partition coefficient (Wildman–Crippen LogP) is 4.69. The molecule has 0 unspecified atom stereocenters. The molecule has 2 N–H and O–H groups in total. The third kappa shape index (κ3) is 25.9. The number of carboxylic acids is 2. The van der Waals surface area contributed by atoms with Gasteiger partial charge in [-0.15, -0.1) is 11.6 Å². The summed E-state index contributed by atoms with van der Waals surface area (Å²) in [6.45, 7) is 2.17. The lowest BCUT2D eigenvalue weighted by Gasteiger charge is -1.98. The standard InChI is InChI=1S/C10H18O4.C5H11Cl/c11-9(12)7-5-3-1-2-4-6-8-10(13)14;1-2-3-4-5-6/h1-8H2,(H,11,12)(H,13,14);2-5H2,1H3. The Morgan fingerprint density at radius 1 is 0.750 bits per heavy atom. The zero-order valence-electron chi connectivity index (χ0n) is 12.6. The second-order valence-electron chi connectivity index (χ2n) is 4.80. The van der Waals surface area contributed by atoms with Crippen molar-refractivity contribution >= 4 is 23.5 Å². The fourth-order valence-corrected chi connectivity index (χ4v) is 1.79. The van der Waals surface area contributed by atoms with Crippen molar-refractivity contribution in [2.45, 2.75) is 77.6 Å². The van der Waals surface area contributed by atoms with Crippen molar-refractivity contribution in [1.82, 2.24) is 0 Å². The number of hydrogen-bond acceptors (Lipinski definition) is 2. The van der Waals surface area contributed by atoms with Gasteiger partial charge in [-0.3, -0.25) is 9.59 Å². The largest absolute Gasteiger partial charge is 0.481 e. The summed E-state index contributed by atoms with van der Waals surface area (Å²) in [5.41, 5.74) is 0. The van der Waals surface area contributed by atoms with Crippen LogP contribution in [0, 0.1) is 0 Å². The van der Waals surface area contributed by atoms with Crippen LogP contribution in [0.1, 0.15) is 77.6 Å². The highest BCUT2D eigenvalue weighted by Crippen LogP contribution is 2.08. The van der Waals surface area contributed by atoms with Crippen molar-refractivity contribution in [2.24, 2.45) is 0 Å². The van der Waals surface area contributed by atoms with Gasteiger partial charge in [0.1, 0.15) is 0 Å². The normalized spacial score (nSPS) is 9.70. The van der Waals surface area contributed by atoms with E-state index in [0.717, 1.165) is 44.4 Å². The lowest BCUT2D eigenvalue weighted by molar-refractivity contribution is -0.138. The van der Waals surface area contributed by atoms with Crippen LogP contribution in [0.3, 0.4) is 0 Å². The maximum atomic E-state index is 10.1. The van der Waals surface area contributed by atoms with E-state index in [1.807, 2.05) is 0 Å². The summed E-state index contributed by atoms with van der Waals surface area (Å²) in [6.07, 6.45) is 9.56. The summed E-state index contributed by atoms with van der Waals surface area (Å²) in [4.78, 5) is 20.3. The molecule has 0 amide bonds. The summed E-state index contributed by atoms with van der Waals surface area (Å²) in [7, 11) is 0. The Morgan fingerprint density at radius 2 is 1.15 bits per heavy atom. The SMILES string of the molecule is CCCCCCl.O=C(O)CCCCCCCCC(=O)O. The molecular weight excluding hydrogens is 280 g/mol. The Hall–Kier alpha value is -0.770. The molecule has 0 heterocycles. The number of alkyl halides is 1. The number of hydrogen-bond donors (Lipinski definition) is 2. The van der Waals surface area contributed by atoms with Crippen LogP contribution >= 0.6 is 11.6 Å². The van der Waals surface area contributed by atoms with Gasteiger partial charge in [0, 0.05) is 18.7 Å². The van der Waals surface area contributed by atoms with Crippen molar-refractivity contribution in [2.75, 3.05) is 5.88 Å².